The Morgan fingerprint density at radius 1 is 1.21 bits per heavy atom. The van der Waals surface area contributed by atoms with Crippen molar-refractivity contribution in [2.24, 2.45) is 0 Å². The Kier molecular flexibility index (Phi) is 3.48. The number of piperazine rings is 1. The lowest BCUT2D eigenvalue weighted by molar-refractivity contribution is -0.152. The van der Waals surface area contributed by atoms with E-state index in [1.807, 2.05) is 0 Å². The number of nitrogens with zero attached hydrogens (tertiary/aromatic N) is 1. The van der Waals surface area contributed by atoms with Gasteiger partial charge >= 0.3 is 0 Å². The molecule has 106 valence electrons. The molecular weight excluding hydrogens is 244 g/mol. The number of carbonyl (C=O) groups is 2. The molecule has 5 nitrogen and oxygen atoms in total. The summed E-state index contributed by atoms with van der Waals surface area (Å²) in [5.74, 6) is 0.0936. The minimum absolute atomic E-state index is 0.0164. The van der Waals surface area contributed by atoms with Gasteiger partial charge in [0.2, 0.25) is 11.8 Å². The van der Waals surface area contributed by atoms with Crippen LogP contribution in [0, 0.1) is 0 Å². The Bertz CT molecular complexity index is 371. The molecule has 2 aliphatic heterocycles. The van der Waals surface area contributed by atoms with Crippen molar-refractivity contribution >= 4 is 11.8 Å². The highest BCUT2D eigenvalue weighted by Gasteiger charge is 2.48. The topological polar surface area (TPSA) is 58.6 Å². The van der Waals surface area contributed by atoms with Gasteiger partial charge < -0.3 is 15.0 Å². The Hall–Kier alpha value is -1.10. The van der Waals surface area contributed by atoms with Gasteiger partial charge in [-0.05, 0) is 32.1 Å². The monoisotopic (exact) mass is 266 g/mol. The van der Waals surface area contributed by atoms with E-state index < -0.39 is 5.54 Å². The lowest BCUT2D eigenvalue weighted by Crippen LogP contribution is -2.66. The summed E-state index contributed by atoms with van der Waals surface area (Å²) in [6.07, 6.45) is 7.01. The van der Waals surface area contributed by atoms with Crippen LogP contribution in [0.15, 0.2) is 0 Å². The van der Waals surface area contributed by atoms with Crippen LogP contribution in [0.1, 0.15) is 44.9 Å². The second-order valence-electron chi connectivity index (χ2n) is 6.01. The molecule has 3 fully saturated rings. The summed E-state index contributed by atoms with van der Waals surface area (Å²) < 4.78 is 5.69. The molecule has 0 bridgehead atoms. The lowest BCUT2D eigenvalue weighted by atomic mass is 9.92. The predicted octanol–water partition coefficient (Wildman–Crippen LogP) is 0.827. The highest BCUT2D eigenvalue weighted by Crippen LogP contribution is 2.33. The van der Waals surface area contributed by atoms with Crippen LogP contribution in [0.2, 0.25) is 0 Å². The molecule has 1 atom stereocenters. The van der Waals surface area contributed by atoms with Crippen LogP contribution in [0.4, 0.5) is 0 Å². The van der Waals surface area contributed by atoms with E-state index in [2.05, 4.69) is 5.32 Å². The SMILES string of the molecule is O=C1CN(CC2CCCCO2)C(=O)C2(CCCC2)N1. The molecule has 2 amide bonds. The van der Waals surface area contributed by atoms with Crippen LogP contribution in [0.5, 0.6) is 0 Å². The van der Waals surface area contributed by atoms with Gasteiger partial charge in [-0.1, -0.05) is 12.8 Å². The van der Waals surface area contributed by atoms with E-state index in [9.17, 15) is 9.59 Å². The predicted molar refractivity (Wildman–Crippen MR) is 69.5 cm³/mol. The third-order valence-corrected chi connectivity index (χ3v) is 4.56. The van der Waals surface area contributed by atoms with E-state index in [4.69, 9.17) is 4.74 Å². The highest BCUT2D eigenvalue weighted by molar-refractivity contribution is 5.98. The summed E-state index contributed by atoms with van der Waals surface area (Å²) in [6, 6.07) is 0. The van der Waals surface area contributed by atoms with Crippen LogP contribution in [0.25, 0.3) is 0 Å². The zero-order valence-corrected chi connectivity index (χ0v) is 11.3. The fraction of sp³-hybridized carbons (Fsp3) is 0.857. The van der Waals surface area contributed by atoms with Crippen molar-refractivity contribution in [3.8, 4) is 0 Å². The van der Waals surface area contributed by atoms with Crippen LogP contribution in [0.3, 0.4) is 0 Å². The number of amides is 2. The van der Waals surface area contributed by atoms with Gasteiger partial charge in [0.15, 0.2) is 0 Å². The van der Waals surface area contributed by atoms with Crippen LogP contribution in [-0.2, 0) is 14.3 Å². The quantitative estimate of drug-likeness (QED) is 0.805. The maximum absolute atomic E-state index is 12.6. The minimum Gasteiger partial charge on any atom is -0.376 e. The molecule has 0 radical (unpaired) electrons. The molecular formula is C14H22N2O3. The average molecular weight is 266 g/mol. The first kappa shape index (κ1) is 12.9. The minimum atomic E-state index is -0.593. The Morgan fingerprint density at radius 3 is 2.68 bits per heavy atom. The van der Waals surface area contributed by atoms with Gasteiger partial charge in [-0.25, -0.2) is 0 Å². The van der Waals surface area contributed by atoms with Gasteiger partial charge in [0.25, 0.3) is 0 Å². The number of carbonyl (C=O) groups excluding carboxylic acids is 2. The summed E-state index contributed by atoms with van der Waals surface area (Å²) in [7, 11) is 0. The van der Waals surface area contributed by atoms with E-state index in [0.29, 0.717) is 6.54 Å². The molecule has 0 aromatic heterocycles. The summed E-state index contributed by atoms with van der Waals surface area (Å²) >= 11 is 0. The van der Waals surface area contributed by atoms with Gasteiger partial charge in [-0.3, -0.25) is 9.59 Å². The first-order valence-corrected chi connectivity index (χ1v) is 7.42. The third-order valence-electron chi connectivity index (χ3n) is 4.56. The van der Waals surface area contributed by atoms with Crippen molar-refractivity contribution in [3.63, 3.8) is 0 Å². The Labute approximate surface area is 113 Å². The fourth-order valence-corrected chi connectivity index (χ4v) is 3.57. The zero-order valence-electron chi connectivity index (χ0n) is 11.3. The van der Waals surface area contributed by atoms with Crippen molar-refractivity contribution < 1.29 is 14.3 Å². The smallest absolute Gasteiger partial charge is 0.248 e. The van der Waals surface area contributed by atoms with Crippen molar-refractivity contribution in [2.75, 3.05) is 19.7 Å². The molecule has 1 aliphatic carbocycles. The number of nitrogens with one attached hydrogen (secondary N) is 1. The van der Waals surface area contributed by atoms with E-state index in [-0.39, 0.29) is 24.5 Å². The second-order valence-corrected chi connectivity index (χ2v) is 6.01. The molecule has 0 aromatic rings. The molecule has 3 rings (SSSR count). The van der Waals surface area contributed by atoms with Crippen LogP contribution >= 0.6 is 0 Å². The lowest BCUT2D eigenvalue weighted by Gasteiger charge is -2.41. The van der Waals surface area contributed by atoms with E-state index >= 15 is 0 Å². The summed E-state index contributed by atoms with van der Waals surface area (Å²) in [4.78, 5) is 26.2. The molecule has 1 spiro atoms. The number of hydrogen-bond acceptors (Lipinski definition) is 3. The summed E-state index contributed by atoms with van der Waals surface area (Å²) in [6.45, 7) is 1.55. The molecule has 0 aromatic carbocycles. The Balaban J connectivity index is 1.69. The molecule has 2 heterocycles. The molecule has 1 unspecified atom stereocenters. The van der Waals surface area contributed by atoms with Crippen molar-refractivity contribution in [1.29, 1.82) is 0 Å². The molecule has 1 saturated carbocycles. The van der Waals surface area contributed by atoms with E-state index in [0.717, 1.165) is 51.6 Å². The van der Waals surface area contributed by atoms with Gasteiger partial charge in [0.05, 0.1) is 12.6 Å². The molecule has 3 aliphatic rings. The van der Waals surface area contributed by atoms with E-state index in [1.165, 1.54) is 0 Å². The maximum Gasteiger partial charge on any atom is 0.248 e. The van der Waals surface area contributed by atoms with Crippen molar-refractivity contribution in [1.82, 2.24) is 10.2 Å². The average Bonchev–Trinajstić information content (AvgIpc) is 2.86. The van der Waals surface area contributed by atoms with Crippen LogP contribution < -0.4 is 5.32 Å². The standard InChI is InChI=1S/C14H22N2O3/c17-12-10-16(9-11-5-1-4-8-19-11)13(18)14(15-12)6-2-3-7-14/h11H,1-10H2,(H,15,17). The largest absolute Gasteiger partial charge is 0.376 e. The molecule has 19 heavy (non-hydrogen) atoms. The highest BCUT2D eigenvalue weighted by atomic mass is 16.5. The Morgan fingerprint density at radius 2 is 2.00 bits per heavy atom. The zero-order chi connectivity index (χ0) is 13.3. The van der Waals surface area contributed by atoms with Crippen molar-refractivity contribution in [3.05, 3.63) is 0 Å². The third kappa shape index (κ3) is 2.48. The number of ether oxygens (including phenoxy) is 1. The summed E-state index contributed by atoms with van der Waals surface area (Å²) in [5, 5.41) is 2.94. The fourth-order valence-electron chi connectivity index (χ4n) is 3.57. The number of rotatable bonds is 2. The second kappa shape index (κ2) is 5.12. The van der Waals surface area contributed by atoms with Gasteiger partial charge in [0, 0.05) is 13.2 Å². The maximum atomic E-state index is 12.6. The normalized spacial score (nSPS) is 30.7. The van der Waals surface area contributed by atoms with Gasteiger partial charge in [0.1, 0.15) is 5.54 Å². The first-order chi connectivity index (χ1) is 9.20. The number of hydrogen-bond donors (Lipinski definition) is 1. The molecule has 1 N–H and O–H groups in total. The van der Waals surface area contributed by atoms with Crippen molar-refractivity contribution in [2.45, 2.75) is 56.6 Å². The summed E-state index contributed by atoms with van der Waals surface area (Å²) in [5.41, 5.74) is -0.593. The van der Waals surface area contributed by atoms with Gasteiger partial charge in [-0.2, -0.15) is 0 Å². The molecule has 2 saturated heterocycles. The first-order valence-electron chi connectivity index (χ1n) is 7.42. The van der Waals surface area contributed by atoms with Gasteiger partial charge in [-0.15, -0.1) is 0 Å². The molecule has 5 heteroatoms. The van der Waals surface area contributed by atoms with E-state index in [1.54, 1.807) is 4.90 Å². The van der Waals surface area contributed by atoms with Crippen LogP contribution in [-0.4, -0.2) is 48.1 Å².